The van der Waals surface area contributed by atoms with Crippen molar-refractivity contribution in [3.05, 3.63) is 12.2 Å². The molecule has 92 valence electrons. The molecule has 0 aromatic heterocycles. The van der Waals surface area contributed by atoms with E-state index in [0.29, 0.717) is 12.0 Å². The number of ether oxygens (including phenoxy) is 1. The van der Waals surface area contributed by atoms with Crippen LogP contribution in [0.5, 0.6) is 0 Å². The fourth-order valence-corrected chi connectivity index (χ4v) is 2.98. The second-order valence-corrected chi connectivity index (χ2v) is 5.93. The second-order valence-electron chi connectivity index (χ2n) is 5.30. The molecule has 1 nitrogen and oxygen atoms in total. The first kappa shape index (κ1) is 14.2. The fraction of sp³-hybridized carbons (Fsp3) is 0.786. The van der Waals surface area contributed by atoms with Gasteiger partial charge in [-0.2, -0.15) is 0 Å². The second kappa shape index (κ2) is 6.74. The first-order valence-electron chi connectivity index (χ1n) is 6.38. The third-order valence-electron chi connectivity index (χ3n) is 3.53. The quantitative estimate of drug-likeness (QED) is 0.748. The van der Waals surface area contributed by atoms with Gasteiger partial charge in [-0.15, -0.1) is 0 Å². The molecule has 0 radical (unpaired) electrons. The van der Waals surface area contributed by atoms with Crippen molar-refractivity contribution in [2.45, 2.75) is 53.1 Å². The minimum atomic E-state index is 0.399. The van der Waals surface area contributed by atoms with Crippen LogP contribution >= 0.6 is 0 Å². The van der Waals surface area contributed by atoms with Crippen LogP contribution < -0.4 is 0 Å². The molecule has 0 unspecified atom stereocenters. The Balaban J connectivity index is 2.60. The normalized spacial score (nSPS) is 31.2. The summed E-state index contributed by atoms with van der Waals surface area (Å²) in [7, 11) is 0. The Kier molecular flexibility index (Phi) is 5.97. The predicted octanol–water partition coefficient (Wildman–Crippen LogP) is 3.72. The van der Waals surface area contributed by atoms with Gasteiger partial charge in [0.05, 0.1) is 0 Å². The Morgan fingerprint density at radius 1 is 1.38 bits per heavy atom. The molecular formula is C14H24CrO. The molecule has 1 fully saturated rings. The summed E-state index contributed by atoms with van der Waals surface area (Å²) in [6.45, 7) is 8.98. The molecule has 0 N–H and O–H groups in total. The maximum absolute atomic E-state index is 6.05. The van der Waals surface area contributed by atoms with E-state index in [-0.39, 0.29) is 0 Å². The van der Waals surface area contributed by atoms with Crippen LogP contribution in [-0.4, -0.2) is 10.7 Å². The van der Waals surface area contributed by atoms with Crippen molar-refractivity contribution in [2.75, 3.05) is 0 Å². The van der Waals surface area contributed by atoms with E-state index in [9.17, 15) is 0 Å². The van der Waals surface area contributed by atoms with E-state index in [4.69, 9.17) is 4.74 Å². The maximum atomic E-state index is 6.05. The molecule has 1 aliphatic carbocycles. The van der Waals surface area contributed by atoms with Crippen molar-refractivity contribution in [1.82, 2.24) is 0 Å². The van der Waals surface area contributed by atoms with E-state index in [0.717, 1.165) is 16.4 Å². The molecule has 0 aromatic rings. The van der Waals surface area contributed by atoms with Gasteiger partial charge in [0.25, 0.3) is 0 Å². The molecule has 2 heteroatoms. The summed E-state index contributed by atoms with van der Waals surface area (Å²) in [6, 6.07) is 0. The van der Waals surface area contributed by atoms with Crippen LogP contribution in [0.25, 0.3) is 0 Å². The average molecular weight is 260 g/mol. The van der Waals surface area contributed by atoms with Gasteiger partial charge in [-0.1, -0.05) is 0 Å². The first-order valence-corrected chi connectivity index (χ1v) is 7.01. The molecule has 1 aliphatic rings. The van der Waals surface area contributed by atoms with Crippen LogP contribution in [0.2, 0.25) is 0 Å². The van der Waals surface area contributed by atoms with Crippen molar-refractivity contribution in [3.63, 3.8) is 0 Å². The van der Waals surface area contributed by atoms with E-state index in [1.807, 2.05) is 19.1 Å². The standard InChI is InChI=1S/C14H24O.Cr/c1-5-6-9-15-14-10-12(4)7-8-13(14)11(2)3;/h5-6,11-14H,7-8,10H2,1-4H3;/b6-5+;/t12-,13+,14-;/m0./s1. The summed E-state index contributed by atoms with van der Waals surface area (Å²) >= 11 is 3.01. The predicted molar refractivity (Wildman–Crippen MR) is 66.0 cm³/mol. The molecule has 0 heterocycles. The van der Waals surface area contributed by atoms with Gasteiger partial charge in [-0.3, -0.25) is 0 Å². The van der Waals surface area contributed by atoms with Crippen LogP contribution in [0.15, 0.2) is 12.2 Å². The summed E-state index contributed by atoms with van der Waals surface area (Å²) in [5, 5.41) is 0. The van der Waals surface area contributed by atoms with Crippen molar-refractivity contribution < 1.29 is 20.6 Å². The molecule has 0 aliphatic heterocycles. The third kappa shape index (κ3) is 4.17. The summed E-state index contributed by atoms with van der Waals surface area (Å²) in [5.74, 6) is 2.24. The Bertz CT molecular complexity index is 257. The zero-order valence-corrected chi connectivity index (χ0v) is 12.2. The van der Waals surface area contributed by atoms with Gasteiger partial charge in [-0.25, -0.2) is 0 Å². The first-order chi connectivity index (χ1) is 7.54. The molecular weight excluding hydrogens is 236 g/mol. The van der Waals surface area contributed by atoms with E-state index in [2.05, 4.69) is 36.6 Å². The Morgan fingerprint density at radius 2 is 2.06 bits per heavy atom. The zero-order chi connectivity index (χ0) is 12.1. The molecule has 16 heavy (non-hydrogen) atoms. The van der Waals surface area contributed by atoms with Crippen molar-refractivity contribution in [3.8, 4) is 0 Å². The number of hydrogen-bond donors (Lipinski definition) is 0. The molecule has 3 atom stereocenters. The monoisotopic (exact) mass is 260 g/mol. The van der Waals surface area contributed by atoms with E-state index < -0.39 is 0 Å². The van der Waals surface area contributed by atoms with Gasteiger partial charge in [0, 0.05) is 0 Å². The van der Waals surface area contributed by atoms with Crippen LogP contribution in [-0.2, 0) is 20.6 Å². The van der Waals surface area contributed by atoms with Crippen molar-refractivity contribution >= 4 is 4.57 Å². The molecule has 0 bridgehead atoms. The summed E-state index contributed by atoms with van der Waals surface area (Å²) in [6.07, 6.45) is 8.29. The van der Waals surface area contributed by atoms with E-state index >= 15 is 0 Å². The van der Waals surface area contributed by atoms with Gasteiger partial charge in [0.1, 0.15) is 0 Å². The van der Waals surface area contributed by atoms with Gasteiger partial charge < -0.3 is 0 Å². The number of rotatable bonds is 4. The average Bonchev–Trinajstić information content (AvgIpc) is 2.17. The minimum absolute atomic E-state index is 0.399. The Hall–Kier alpha value is 0.102. The summed E-state index contributed by atoms with van der Waals surface area (Å²) in [4.78, 5) is 0. The van der Waals surface area contributed by atoms with E-state index in [1.54, 1.807) is 0 Å². The molecule has 1 rings (SSSR count). The zero-order valence-electron chi connectivity index (χ0n) is 10.9. The Morgan fingerprint density at radius 3 is 2.62 bits per heavy atom. The van der Waals surface area contributed by atoms with Crippen molar-refractivity contribution in [1.29, 1.82) is 0 Å². The molecule has 0 spiro atoms. The topological polar surface area (TPSA) is 9.23 Å². The van der Waals surface area contributed by atoms with Crippen LogP contribution in [0.3, 0.4) is 0 Å². The van der Waals surface area contributed by atoms with Crippen LogP contribution in [0.4, 0.5) is 0 Å². The van der Waals surface area contributed by atoms with Gasteiger partial charge >= 0.3 is 108 Å². The van der Waals surface area contributed by atoms with Crippen molar-refractivity contribution in [2.24, 2.45) is 17.8 Å². The van der Waals surface area contributed by atoms with Gasteiger partial charge in [0.2, 0.25) is 0 Å². The third-order valence-corrected chi connectivity index (χ3v) is 3.89. The van der Waals surface area contributed by atoms with Gasteiger partial charge in [-0.05, 0) is 0 Å². The number of hydrogen-bond acceptors (Lipinski definition) is 1. The van der Waals surface area contributed by atoms with Crippen LogP contribution in [0, 0.1) is 17.8 Å². The molecule has 0 amide bonds. The summed E-state index contributed by atoms with van der Waals surface area (Å²) in [5.41, 5.74) is 0. The van der Waals surface area contributed by atoms with E-state index in [1.165, 1.54) is 19.3 Å². The SMILES string of the molecule is C/C=C/[C](=[Cr])O[C@H]1C[C@@H](C)CC[C@@H]1C(C)C. The number of allylic oxidation sites excluding steroid dienone is 1. The molecule has 0 aromatic carbocycles. The molecule has 1 saturated carbocycles. The van der Waals surface area contributed by atoms with Crippen LogP contribution in [0.1, 0.15) is 47.0 Å². The fourth-order valence-electron chi connectivity index (χ4n) is 2.57. The summed E-state index contributed by atoms with van der Waals surface area (Å²) < 4.78 is 6.99. The Labute approximate surface area is 108 Å². The molecule has 0 saturated heterocycles. The van der Waals surface area contributed by atoms with Gasteiger partial charge in [0.15, 0.2) is 0 Å².